The van der Waals surface area contributed by atoms with E-state index in [0.717, 1.165) is 33.9 Å². The summed E-state index contributed by atoms with van der Waals surface area (Å²) in [7, 11) is 0. The lowest BCUT2D eigenvalue weighted by Crippen LogP contribution is -2.30. The normalized spacial score (nSPS) is 13.8. The van der Waals surface area contributed by atoms with Crippen molar-refractivity contribution in [3.8, 4) is 0 Å². The van der Waals surface area contributed by atoms with Crippen LogP contribution in [0.4, 0.5) is 5.13 Å². The number of thioether (sulfide) groups is 1. The van der Waals surface area contributed by atoms with E-state index in [1.165, 1.54) is 28.7 Å². The average molecular weight is 376 g/mol. The second-order valence-corrected chi connectivity index (χ2v) is 8.61. The van der Waals surface area contributed by atoms with Gasteiger partial charge in [0.05, 0.1) is 5.75 Å². The fraction of sp³-hybridized carbons (Fsp3) is 0.444. The van der Waals surface area contributed by atoms with Crippen LogP contribution in [0.2, 0.25) is 0 Å². The molecule has 0 N–H and O–H groups in total. The highest BCUT2D eigenvalue weighted by Gasteiger charge is 2.34. The molecule has 132 valence electrons. The molecule has 0 atom stereocenters. The topological polar surface area (TPSA) is 63.2 Å². The first kappa shape index (κ1) is 18.1. The Bertz CT molecular complexity index is 828. The van der Waals surface area contributed by atoms with E-state index in [4.69, 9.17) is 0 Å². The van der Waals surface area contributed by atoms with Gasteiger partial charge in [-0.25, -0.2) is 0 Å². The average Bonchev–Trinajstić information content (AvgIpc) is 3.26. The molecule has 1 saturated carbocycles. The van der Waals surface area contributed by atoms with Crippen molar-refractivity contribution in [1.29, 1.82) is 0 Å². The van der Waals surface area contributed by atoms with Gasteiger partial charge in [-0.05, 0) is 56.4 Å². The Balaban J connectivity index is 1.67. The van der Waals surface area contributed by atoms with Gasteiger partial charge in [-0.15, -0.1) is 10.2 Å². The van der Waals surface area contributed by atoms with Crippen molar-refractivity contribution < 1.29 is 9.59 Å². The van der Waals surface area contributed by atoms with Gasteiger partial charge < -0.3 is 0 Å². The monoisotopic (exact) mass is 375 g/mol. The van der Waals surface area contributed by atoms with Crippen LogP contribution in [-0.2, 0) is 4.79 Å². The Morgan fingerprint density at radius 1 is 1.16 bits per heavy atom. The maximum Gasteiger partial charge on any atom is 0.225 e. The Hall–Kier alpha value is -1.73. The van der Waals surface area contributed by atoms with E-state index in [1.807, 2.05) is 19.9 Å². The zero-order chi connectivity index (χ0) is 18.1. The van der Waals surface area contributed by atoms with Gasteiger partial charge in [-0.3, -0.25) is 14.5 Å². The van der Waals surface area contributed by atoms with Crippen molar-refractivity contribution in [2.45, 2.75) is 50.9 Å². The van der Waals surface area contributed by atoms with Crippen molar-refractivity contribution >= 4 is 39.9 Å². The number of ketones is 1. The Kier molecular flexibility index (Phi) is 5.24. The molecular weight excluding hydrogens is 354 g/mol. The maximum atomic E-state index is 12.5. The second kappa shape index (κ2) is 7.25. The molecule has 2 aromatic rings. The molecule has 0 aliphatic heterocycles. The van der Waals surface area contributed by atoms with Gasteiger partial charge in [0.2, 0.25) is 11.0 Å². The zero-order valence-corrected chi connectivity index (χ0v) is 16.5. The highest BCUT2D eigenvalue weighted by Crippen LogP contribution is 2.35. The van der Waals surface area contributed by atoms with Gasteiger partial charge in [0, 0.05) is 18.5 Å². The molecule has 1 amide bonds. The van der Waals surface area contributed by atoms with Gasteiger partial charge in [-0.1, -0.05) is 29.2 Å². The summed E-state index contributed by atoms with van der Waals surface area (Å²) in [6.45, 7) is 7.59. The molecule has 0 bridgehead atoms. The van der Waals surface area contributed by atoms with Crippen molar-refractivity contribution in [1.82, 2.24) is 10.2 Å². The summed E-state index contributed by atoms with van der Waals surface area (Å²) in [4.78, 5) is 26.0. The first-order valence-electron chi connectivity index (χ1n) is 8.24. The number of carbonyl (C=O) groups is 2. The lowest BCUT2D eigenvalue weighted by Gasteiger charge is -2.15. The molecule has 25 heavy (non-hydrogen) atoms. The molecular formula is C18H21N3O2S2. The standard InChI is InChI=1S/C18H21N3O2S2/c1-10-7-12(3)15(8-11(10)2)16(23)9-24-18-20-19-17(25-18)21(13(4)22)14-5-6-14/h7-8,14H,5-6,9H2,1-4H3. The quantitative estimate of drug-likeness (QED) is 0.434. The fourth-order valence-electron chi connectivity index (χ4n) is 2.70. The van der Waals surface area contributed by atoms with E-state index in [0.29, 0.717) is 10.9 Å². The molecule has 1 aromatic carbocycles. The molecule has 0 spiro atoms. The van der Waals surface area contributed by atoms with Crippen LogP contribution in [0.3, 0.4) is 0 Å². The van der Waals surface area contributed by atoms with Crippen LogP contribution in [0.25, 0.3) is 0 Å². The number of aromatic nitrogens is 2. The summed E-state index contributed by atoms with van der Waals surface area (Å²) in [6, 6.07) is 4.28. The summed E-state index contributed by atoms with van der Waals surface area (Å²) in [6.07, 6.45) is 2.04. The summed E-state index contributed by atoms with van der Waals surface area (Å²) < 4.78 is 0.719. The molecule has 1 aliphatic carbocycles. The molecule has 0 saturated heterocycles. The molecule has 1 aromatic heterocycles. The first-order chi connectivity index (χ1) is 11.9. The Labute approximate surface area is 155 Å². The van der Waals surface area contributed by atoms with Gasteiger partial charge in [0.15, 0.2) is 10.1 Å². The minimum absolute atomic E-state index is 0.00275. The number of rotatable bonds is 6. The van der Waals surface area contributed by atoms with Crippen LogP contribution in [0.5, 0.6) is 0 Å². The molecule has 0 radical (unpaired) electrons. The van der Waals surface area contributed by atoms with E-state index in [2.05, 4.69) is 23.2 Å². The van der Waals surface area contributed by atoms with Gasteiger partial charge in [0.1, 0.15) is 0 Å². The molecule has 7 heteroatoms. The van der Waals surface area contributed by atoms with Gasteiger partial charge in [-0.2, -0.15) is 0 Å². The van der Waals surface area contributed by atoms with Crippen LogP contribution in [0.15, 0.2) is 16.5 Å². The molecule has 5 nitrogen and oxygen atoms in total. The zero-order valence-electron chi connectivity index (χ0n) is 14.8. The van der Waals surface area contributed by atoms with E-state index < -0.39 is 0 Å². The summed E-state index contributed by atoms with van der Waals surface area (Å²) >= 11 is 2.76. The SMILES string of the molecule is CC(=O)N(c1nnc(SCC(=O)c2cc(C)c(C)cc2C)s1)C1CC1. The lowest BCUT2D eigenvalue weighted by atomic mass is 9.99. The second-order valence-electron chi connectivity index (χ2n) is 6.43. The van der Waals surface area contributed by atoms with Gasteiger partial charge in [0.25, 0.3) is 0 Å². The van der Waals surface area contributed by atoms with Gasteiger partial charge >= 0.3 is 0 Å². The van der Waals surface area contributed by atoms with Crippen LogP contribution in [0.1, 0.15) is 46.8 Å². The van der Waals surface area contributed by atoms with Crippen molar-refractivity contribution in [2.75, 3.05) is 10.7 Å². The van der Waals surface area contributed by atoms with Crippen molar-refractivity contribution in [2.24, 2.45) is 0 Å². The van der Waals surface area contributed by atoms with Crippen LogP contribution >= 0.6 is 23.1 Å². The molecule has 1 heterocycles. The number of aryl methyl sites for hydroxylation is 3. The van der Waals surface area contributed by atoms with Crippen LogP contribution < -0.4 is 4.90 Å². The van der Waals surface area contributed by atoms with E-state index in [-0.39, 0.29) is 17.7 Å². The molecule has 0 unspecified atom stereocenters. The number of hydrogen-bond acceptors (Lipinski definition) is 6. The third-order valence-electron chi connectivity index (χ3n) is 4.32. The predicted molar refractivity (Wildman–Crippen MR) is 102 cm³/mol. The predicted octanol–water partition coefficient (Wildman–Crippen LogP) is 3.95. The number of anilines is 1. The maximum absolute atomic E-state index is 12.5. The van der Waals surface area contributed by atoms with E-state index >= 15 is 0 Å². The van der Waals surface area contributed by atoms with E-state index in [9.17, 15) is 9.59 Å². The number of hydrogen-bond donors (Lipinski definition) is 0. The summed E-state index contributed by atoms with van der Waals surface area (Å²) in [5.41, 5.74) is 4.09. The highest BCUT2D eigenvalue weighted by atomic mass is 32.2. The number of nitrogens with zero attached hydrogens (tertiary/aromatic N) is 3. The minimum atomic E-state index is -0.00275. The van der Waals surface area contributed by atoms with Crippen LogP contribution in [-0.4, -0.2) is 33.7 Å². The third-order valence-corrected chi connectivity index (χ3v) is 6.38. The van der Waals surface area contributed by atoms with Crippen LogP contribution in [0, 0.1) is 20.8 Å². The molecule has 1 aliphatic rings. The molecule has 1 fully saturated rings. The Morgan fingerprint density at radius 3 is 2.48 bits per heavy atom. The minimum Gasteiger partial charge on any atom is -0.293 e. The number of carbonyl (C=O) groups excluding carboxylic acids is 2. The fourth-order valence-corrected chi connectivity index (χ4v) is 4.55. The largest absolute Gasteiger partial charge is 0.293 e. The Morgan fingerprint density at radius 2 is 1.84 bits per heavy atom. The smallest absolute Gasteiger partial charge is 0.225 e. The number of amides is 1. The number of Topliss-reactive ketones (excluding diaryl/α,β-unsaturated/α-hetero) is 1. The highest BCUT2D eigenvalue weighted by molar-refractivity contribution is 8.01. The number of benzene rings is 1. The first-order valence-corrected chi connectivity index (χ1v) is 10.0. The van der Waals surface area contributed by atoms with E-state index in [1.54, 1.807) is 11.8 Å². The summed E-state index contributed by atoms with van der Waals surface area (Å²) in [5, 5.41) is 8.90. The van der Waals surface area contributed by atoms with Crippen molar-refractivity contribution in [3.63, 3.8) is 0 Å². The van der Waals surface area contributed by atoms with Crippen molar-refractivity contribution in [3.05, 3.63) is 34.4 Å². The third kappa shape index (κ3) is 4.10. The lowest BCUT2D eigenvalue weighted by molar-refractivity contribution is -0.116. The molecule has 3 rings (SSSR count). The summed E-state index contributed by atoms with van der Waals surface area (Å²) in [5.74, 6) is 0.409.